The van der Waals surface area contributed by atoms with Crippen LogP contribution < -0.4 is 0 Å². The highest BCUT2D eigenvalue weighted by Gasteiger charge is 2.36. The van der Waals surface area contributed by atoms with E-state index in [-0.39, 0.29) is 0 Å². The number of rotatable bonds is 11. The molecule has 0 saturated carbocycles. The van der Waals surface area contributed by atoms with Crippen molar-refractivity contribution in [1.29, 1.82) is 0 Å². The maximum absolute atomic E-state index is 10.9. The summed E-state index contributed by atoms with van der Waals surface area (Å²) in [5.41, 5.74) is 0. The molecule has 0 aliphatic heterocycles. The standard InChI is InChI=1S/C12H25NO5Si/c1-6-12(14)18-10-9-13(2)8-7-11-19(15-3,16-4)17-5/h6H,1,7-11H2,2-5H3. The van der Waals surface area contributed by atoms with E-state index in [0.29, 0.717) is 13.2 Å². The lowest BCUT2D eigenvalue weighted by atomic mass is 10.4. The third kappa shape index (κ3) is 7.43. The van der Waals surface area contributed by atoms with Gasteiger partial charge in [0.2, 0.25) is 0 Å². The van der Waals surface area contributed by atoms with Crippen LogP contribution in [0.2, 0.25) is 6.04 Å². The SMILES string of the molecule is C=CC(=O)OCCN(C)CCC[Si](OC)(OC)OC. The van der Waals surface area contributed by atoms with E-state index >= 15 is 0 Å². The quantitative estimate of drug-likeness (QED) is 0.320. The number of likely N-dealkylation sites (N-methyl/N-ethyl adjacent to an activating group) is 1. The summed E-state index contributed by atoms with van der Waals surface area (Å²) in [7, 11) is 4.33. The molecule has 0 N–H and O–H groups in total. The maximum Gasteiger partial charge on any atom is 0.500 e. The Morgan fingerprint density at radius 3 is 2.26 bits per heavy atom. The molecule has 0 spiro atoms. The summed E-state index contributed by atoms with van der Waals surface area (Å²) in [5.74, 6) is -0.391. The number of esters is 1. The van der Waals surface area contributed by atoms with Gasteiger partial charge in [0.15, 0.2) is 0 Å². The summed E-state index contributed by atoms with van der Waals surface area (Å²) in [4.78, 5) is 12.9. The van der Waals surface area contributed by atoms with Gasteiger partial charge in [-0.05, 0) is 20.0 Å². The van der Waals surface area contributed by atoms with Crippen molar-refractivity contribution < 1.29 is 22.8 Å². The molecule has 0 radical (unpaired) electrons. The summed E-state index contributed by atoms with van der Waals surface area (Å²) < 4.78 is 20.9. The van der Waals surface area contributed by atoms with Crippen LogP contribution in [0.15, 0.2) is 12.7 Å². The van der Waals surface area contributed by atoms with E-state index in [0.717, 1.165) is 25.1 Å². The van der Waals surface area contributed by atoms with Crippen molar-refractivity contribution in [3.63, 3.8) is 0 Å². The average molecular weight is 291 g/mol. The zero-order valence-electron chi connectivity index (χ0n) is 12.3. The molecule has 7 heteroatoms. The fourth-order valence-corrected chi connectivity index (χ4v) is 3.30. The first-order valence-corrected chi connectivity index (χ1v) is 8.10. The van der Waals surface area contributed by atoms with E-state index in [1.54, 1.807) is 21.3 Å². The molecule has 112 valence electrons. The molecular weight excluding hydrogens is 266 g/mol. The van der Waals surface area contributed by atoms with Crippen molar-refractivity contribution in [1.82, 2.24) is 4.90 Å². The Labute approximate surface area is 116 Å². The summed E-state index contributed by atoms with van der Waals surface area (Å²) >= 11 is 0. The van der Waals surface area contributed by atoms with Crippen LogP contribution in [0.4, 0.5) is 0 Å². The second kappa shape index (κ2) is 10.1. The molecule has 6 nitrogen and oxygen atoms in total. The van der Waals surface area contributed by atoms with Gasteiger partial charge in [-0.3, -0.25) is 0 Å². The van der Waals surface area contributed by atoms with Crippen molar-refractivity contribution in [3.05, 3.63) is 12.7 Å². The minimum absolute atomic E-state index is 0.364. The molecule has 0 aromatic rings. The Hall–Kier alpha value is -0.733. The van der Waals surface area contributed by atoms with Gasteiger partial charge in [0.05, 0.1) is 0 Å². The van der Waals surface area contributed by atoms with Gasteiger partial charge < -0.3 is 22.9 Å². The highest BCUT2D eigenvalue weighted by Crippen LogP contribution is 2.14. The van der Waals surface area contributed by atoms with E-state index < -0.39 is 14.8 Å². The molecule has 0 fully saturated rings. The molecule has 0 aliphatic carbocycles. The summed E-state index contributed by atoms with van der Waals surface area (Å²) in [6.07, 6.45) is 2.06. The fourth-order valence-electron chi connectivity index (χ4n) is 1.59. The summed E-state index contributed by atoms with van der Waals surface area (Å²) in [6.45, 7) is 5.24. The number of carbonyl (C=O) groups is 1. The lowest BCUT2D eigenvalue weighted by molar-refractivity contribution is -0.138. The van der Waals surface area contributed by atoms with E-state index in [1.807, 2.05) is 7.05 Å². The molecule has 0 amide bonds. The van der Waals surface area contributed by atoms with E-state index in [9.17, 15) is 4.79 Å². The van der Waals surface area contributed by atoms with Crippen LogP contribution in [0, 0.1) is 0 Å². The van der Waals surface area contributed by atoms with Crippen LogP contribution in [-0.2, 0) is 22.8 Å². The number of hydrogen-bond acceptors (Lipinski definition) is 6. The predicted octanol–water partition coefficient (Wildman–Crippen LogP) is 0.916. The molecule has 0 saturated heterocycles. The number of nitrogens with zero attached hydrogens (tertiary/aromatic N) is 1. The Kier molecular flexibility index (Phi) is 9.71. The number of hydrogen-bond donors (Lipinski definition) is 0. The number of ether oxygens (including phenoxy) is 1. The van der Waals surface area contributed by atoms with Crippen LogP contribution in [0.1, 0.15) is 6.42 Å². The van der Waals surface area contributed by atoms with Gasteiger partial charge in [-0.15, -0.1) is 0 Å². The largest absolute Gasteiger partial charge is 0.500 e. The van der Waals surface area contributed by atoms with E-state index in [1.165, 1.54) is 0 Å². The predicted molar refractivity (Wildman–Crippen MR) is 74.9 cm³/mol. The molecule has 19 heavy (non-hydrogen) atoms. The zero-order chi connectivity index (χ0) is 14.7. The van der Waals surface area contributed by atoms with Crippen molar-refractivity contribution in [2.45, 2.75) is 12.5 Å². The van der Waals surface area contributed by atoms with Crippen molar-refractivity contribution in [3.8, 4) is 0 Å². The highest BCUT2D eigenvalue weighted by molar-refractivity contribution is 6.60. The zero-order valence-corrected chi connectivity index (χ0v) is 13.3. The van der Waals surface area contributed by atoms with Gasteiger partial charge in [-0.25, -0.2) is 4.79 Å². The van der Waals surface area contributed by atoms with Crippen LogP contribution in [-0.4, -0.2) is 67.7 Å². The highest BCUT2D eigenvalue weighted by atomic mass is 28.4. The summed E-state index contributed by atoms with van der Waals surface area (Å²) in [6, 6.07) is 0.757. The Morgan fingerprint density at radius 2 is 1.79 bits per heavy atom. The smallest absolute Gasteiger partial charge is 0.461 e. The van der Waals surface area contributed by atoms with Crippen LogP contribution in [0.3, 0.4) is 0 Å². The van der Waals surface area contributed by atoms with Crippen molar-refractivity contribution in [2.24, 2.45) is 0 Å². The first kappa shape index (κ1) is 18.3. The minimum Gasteiger partial charge on any atom is -0.461 e. The molecule has 0 unspecified atom stereocenters. The minimum atomic E-state index is -2.46. The van der Waals surface area contributed by atoms with Crippen molar-refractivity contribution in [2.75, 3.05) is 48.1 Å². The third-order valence-corrected chi connectivity index (χ3v) is 5.67. The topological polar surface area (TPSA) is 57.2 Å². The molecule has 0 aromatic heterocycles. The van der Waals surface area contributed by atoms with Crippen LogP contribution in [0.25, 0.3) is 0 Å². The third-order valence-electron chi connectivity index (χ3n) is 2.84. The summed E-state index contributed by atoms with van der Waals surface area (Å²) in [5, 5.41) is 0. The van der Waals surface area contributed by atoms with Gasteiger partial charge in [0.1, 0.15) is 6.61 Å². The average Bonchev–Trinajstić information content (AvgIpc) is 2.44. The van der Waals surface area contributed by atoms with Crippen LogP contribution in [0.5, 0.6) is 0 Å². The molecule has 0 heterocycles. The molecular formula is C12H25NO5Si. The molecule has 0 aliphatic rings. The van der Waals surface area contributed by atoms with Crippen molar-refractivity contribution >= 4 is 14.8 Å². The second-order valence-electron chi connectivity index (χ2n) is 4.07. The van der Waals surface area contributed by atoms with Gasteiger partial charge in [-0.2, -0.15) is 0 Å². The van der Waals surface area contributed by atoms with Crippen LogP contribution >= 0.6 is 0 Å². The first-order chi connectivity index (χ1) is 9.03. The fraction of sp³-hybridized carbons (Fsp3) is 0.750. The van der Waals surface area contributed by atoms with E-state index in [4.69, 9.17) is 18.0 Å². The van der Waals surface area contributed by atoms with Gasteiger partial charge >= 0.3 is 14.8 Å². The van der Waals surface area contributed by atoms with Gasteiger partial charge in [0.25, 0.3) is 0 Å². The molecule has 0 bridgehead atoms. The Bertz CT molecular complexity index is 263. The van der Waals surface area contributed by atoms with Gasteiger partial charge in [-0.1, -0.05) is 6.58 Å². The molecule has 0 aromatic carbocycles. The normalized spacial score (nSPS) is 11.6. The Morgan fingerprint density at radius 1 is 1.21 bits per heavy atom. The number of carbonyl (C=O) groups excluding carboxylic acids is 1. The Balaban J connectivity index is 3.81. The van der Waals surface area contributed by atoms with Gasteiger partial charge in [0, 0.05) is 40.0 Å². The first-order valence-electron chi connectivity index (χ1n) is 6.16. The maximum atomic E-state index is 10.9. The lowest BCUT2D eigenvalue weighted by Crippen LogP contribution is -2.43. The monoisotopic (exact) mass is 291 g/mol. The second-order valence-corrected chi connectivity index (χ2v) is 7.16. The molecule has 0 rings (SSSR count). The molecule has 0 atom stereocenters. The lowest BCUT2D eigenvalue weighted by Gasteiger charge is -2.25. The van der Waals surface area contributed by atoms with E-state index in [2.05, 4.69) is 11.5 Å².